The molecule has 152 valence electrons. The first-order valence-corrected chi connectivity index (χ1v) is 10.7. The Hall–Kier alpha value is -1.50. The van der Waals surface area contributed by atoms with Crippen LogP contribution in [-0.4, -0.2) is 37.1 Å². The number of aliphatic hydroxyl groups excluding tert-OH is 1. The van der Waals surface area contributed by atoms with Gasteiger partial charge in [-0.25, -0.2) is 0 Å². The van der Waals surface area contributed by atoms with Crippen molar-refractivity contribution in [2.45, 2.75) is 38.0 Å². The fourth-order valence-electron chi connectivity index (χ4n) is 4.89. The van der Waals surface area contributed by atoms with Gasteiger partial charge in [-0.3, -0.25) is 5.32 Å². The number of allylic oxidation sites excluding steroid dienone is 5. The van der Waals surface area contributed by atoms with Gasteiger partial charge in [-0.15, -0.1) is 0 Å². The van der Waals surface area contributed by atoms with Crippen molar-refractivity contribution in [1.29, 1.82) is 0 Å². The first-order valence-electron chi connectivity index (χ1n) is 10.7. The maximum absolute atomic E-state index is 10.7. The Morgan fingerprint density at radius 2 is 2.04 bits per heavy atom. The smallest absolute Gasteiger partial charge is 0.181 e. The van der Waals surface area contributed by atoms with E-state index in [-0.39, 0.29) is 6.04 Å². The molecule has 1 saturated heterocycles. The van der Waals surface area contributed by atoms with Crippen LogP contribution in [0.4, 0.5) is 0 Å². The lowest BCUT2D eigenvalue weighted by Gasteiger charge is -2.25. The van der Waals surface area contributed by atoms with E-state index in [0.29, 0.717) is 18.4 Å². The minimum absolute atomic E-state index is 0.112. The fraction of sp³-hybridized carbons (Fsp3) is 0.565. The zero-order valence-electron chi connectivity index (χ0n) is 16.6. The van der Waals surface area contributed by atoms with Crippen LogP contribution in [0.1, 0.15) is 25.7 Å². The van der Waals surface area contributed by atoms with E-state index in [0.717, 1.165) is 42.7 Å². The van der Waals surface area contributed by atoms with Crippen LogP contribution in [0.25, 0.3) is 0 Å². The number of nitrogens with two attached hydrogens (primary N) is 1. The Labute approximate surface area is 167 Å². The molecule has 1 aliphatic heterocycles. The van der Waals surface area contributed by atoms with Gasteiger partial charge in [0, 0.05) is 37.3 Å². The summed E-state index contributed by atoms with van der Waals surface area (Å²) in [6.07, 6.45) is 18.6. The Bertz CT molecular complexity index is 715. The zero-order valence-corrected chi connectivity index (χ0v) is 16.6. The molecule has 4 rings (SSSR count). The largest absolute Gasteiger partial charge is 0.381 e. The molecule has 0 aromatic heterocycles. The zero-order chi connectivity index (χ0) is 19.5. The third-order valence-electron chi connectivity index (χ3n) is 6.70. The summed E-state index contributed by atoms with van der Waals surface area (Å²) in [5.74, 6) is 2.63. The normalized spacial score (nSPS) is 35.6. The second-order valence-corrected chi connectivity index (χ2v) is 8.58. The van der Waals surface area contributed by atoms with Crippen LogP contribution in [0.2, 0.25) is 0 Å². The molecule has 0 spiro atoms. The summed E-state index contributed by atoms with van der Waals surface area (Å²) in [5, 5.41) is 13.9. The first-order chi connectivity index (χ1) is 13.6. The van der Waals surface area contributed by atoms with E-state index < -0.39 is 6.23 Å². The number of hydrogen-bond donors (Lipinski definition) is 4. The van der Waals surface area contributed by atoms with Crippen LogP contribution in [0.15, 0.2) is 59.4 Å². The van der Waals surface area contributed by atoms with E-state index in [1.54, 1.807) is 0 Å². The SMILES string of the molecule is NC1C=CC(CNC(O)/C([NH3+])=C2\C=CC=CC2C2CC2C2CCOCC2)=CC1. The molecule has 1 heterocycles. The number of ether oxygens (including phenoxy) is 1. The number of nitrogens with one attached hydrogen (secondary N) is 1. The maximum atomic E-state index is 10.7. The fourth-order valence-corrected chi connectivity index (χ4v) is 4.89. The Morgan fingerprint density at radius 1 is 1.21 bits per heavy atom. The van der Waals surface area contributed by atoms with Crippen molar-refractivity contribution in [3.05, 3.63) is 59.4 Å². The van der Waals surface area contributed by atoms with Gasteiger partial charge in [-0.05, 0) is 49.0 Å². The van der Waals surface area contributed by atoms with Crippen molar-refractivity contribution in [1.82, 2.24) is 5.32 Å². The molecule has 0 bridgehead atoms. The topological polar surface area (TPSA) is 95.2 Å². The van der Waals surface area contributed by atoms with Gasteiger partial charge >= 0.3 is 0 Å². The molecular formula is C23H34N3O2+. The molecular weight excluding hydrogens is 350 g/mol. The maximum Gasteiger partial charge on any atom is 0.181 e. The van der Waals surface area contributed by atoms with Crippen molar-refractivity contribution in [2.24, 2.45) is 29.4 Å². The summed E-state index contributed by atoms with van der Waals surface area (Å²) in [4.78, 5) is 0. The van der Waals surface area contributed by atoms with E-state index in [1.807, 2.05) is 12.2 Å². The Kier molecular flexibility index (Phi) is 6.28. The van der Waals surface area contributed by atoms with Crippen LogP contribution >= 0.6 is 0 Å². The van der Waals surface area contributed by atoms with Gasteiger partial charge in [0.25, 0.3) is 0 Å². The molecule has 28 heavy (non-hydrogen) atoms. The minimum Gasteiger partial charge on any atom is -0.381 e. The van der Waals surface area contributed by atoms with Gasteiger partial charge in [-0.1, -0.05) is 42.5 Å². The predicted octanol–water partition coefficient (Wildman–Crippen LogP) is 1.41. The van der Waals surface area contributed by atoms with Gasteiger partial charge in [-0.2, -0.15) is 0 Å². The van der Waals surface area contributed by atoms with Crippen molar-refractivity contribution in [3.63, 3.8) is 0 Å². The highest BCUT2D eigenvalue weighted by atomic mass is 16.5. The van der Waals surface area contributed by atoms with Crippen molar-refractivity contribution >= 4 is 0 Å². The third-order valence-corrected chi connectivity index (χ3v) is 6.70. The molecule has 0 radical (unpaired) electrons. The van der Waals surface area contributed by atoms with Gasteiger partial charge in [0.15, 0.2) is 11.9 Å². The summed E-state index contributed by atoms with van der Waals surface area (Å²) in [5.41, 5.74) is 13.2. The number of aliphatic hydroxyl groups is 1. The summed E-state index contributed by atoms with van der Waals surface area (Å²) in [6, 6.07) is 0.112. The van der Waals surface area contributed by atoms with Crippen LogP contribution in [0, 0.1) is 23.7 Å². The summed E-state index contributed by atoms with van der Waals surface area (Å²) >= 11 is 0. The molecule has 4 aliphatic rings. The quantitative estimate of drug-likeness (QED) is 0.521. The summed E-state index contributed by atoms with van der Waals surface area (Å²) in [7, 11) is 0. The summed E-state index contributed by atoms with van der Waals surface area (Å²) in [6.45, 7) is 2.44. The molecule has 5 atom stereocenters. The molecule has 0 amide bonds. The minimum atomic E-state index is -0.737. The van der Waals surface area contributed by atoms with Crippen LogP contribution in [0.5, 0.6) is 0 Å². The van der Waals surface area contributed by atoms with Crippen LogP contribution in [-0.2, 0) is 4.74 Å². The van der Waals surface area contributed by atoms with Gasteiger partial charge < -0.3 is 21.3 Å². The summed E-state index contributed by atoms with van der Waals surface area (Å²) < 4.78 is 5.53. The highest BCUT2D eigenvalue weighted by molar-refractivity contribution is 5.37. The molecule has 7 N–H and O–H groups in total. The number of quaternary nitrogens is 1. The predicted molar refractivity (Wildman–Crippen MR) is 111 cm³/mol. The highest BCUT2D eigenvalue weighted by Crippen LogP contribution is 2.54. The van der Waals surface area contributed by atoms with Crippen molar-refractivity contribution < 1.29 is 15.6 Å². The van der Waals surface area contributed by atoms with E-state index in [2.05, 4.69) is 41.4 Å². The Balaban J connectivity index is 1.38. The van der Waals surface area contributed by atoms with Gasteiger partial charge in [0.2, 0.25) is 0 Å². The van der Waals surface area contributed by atoms with Crippen molar-refractivity contribution in [3.8, 4) is 0 Å². The Morgan fingerprint density at radius 3 is 2.79 bits per heavy atom. The molecule has 0 aromatic carbocycles. The van der Waals surface area contributed by atoms with E-state index in [4.69, 9.17) is 10.5 Å². The van der Waals surface area contributed by atoms with Crippen LogP contribution < -0.4 is 16.8 Å². The van der Waals surface area contributed by atoms with E-state index >= 15 is 0 Å². The van der Waals surface area contributed by atoms with E-state index in [1.165, 1.54) is 24.8 Å². The molecule has 5 unspecified atom stereocenters. The monoisotopic (exact) mass is 384 g/mol. The second kappa shape index (κ2) is 8.89. The lowest BCUT2D eigenvalue weighted by molar-refractivity contribution is -0.323. The molecule has 5 nitrogen and oxygen atoms in total. The number of hydrogen-bond acceptors (Lipinski definition) is 4. The highest BCUT2D eigenvalue weighted by Gasteiger charge is 2.48. The standard InChI is InChI=1S/C23H33N3O2/c24-17-7-5-15(6-8-17)14-26-23(27)22(25)19-4-2-1-3-18(19)21-13-20(21)16-9-11-28-12-10-16/h1-7,16-18,20-21,23,26-27H,8-14,24-25H2/p+1/b22-19-. The molecule has 2 fully saturated rings. The lowest BCUT2D eigenvalue weighted by Crippen LogP contribution is -2.58. The second-order valence-electron chi connectivity index (χ2n) is 8.58. The van der Waals surface area contributed by atoms with Gasteiger partial charge in [0.1, 0.15) is 0 Å². The molecule has 0 aromatic rings. The molecule has 1 saturated carbocycles. The van der Waals surface area contributed by atoms with E-state index in [9.17, 15) is 5.11 Å². The first kappa shape index (κ1) is 19.8. The van der Waals surface area contributed by atoms with Crippen molar-refractivity contribution in [2.75, 3.05) is 19.8 Å². The lowest BCUT2D eigenvalue weighted by atomic mass is 9.84. The molecule has 5 heteroatoms. The average Bonchev–Trinajstić information content (AvgIpc) is 3.54. The molecule has 3 aliphatic carbocycles. The van der Waals surface area contributed by atoms with Crippen LogP contribution in [0.3, 0.4) is 0 Å². The van der Waals surface area contributed by atoms with Gasteiger partial charge in [0.05, 0.1) is 0 Å². The average molecular weight is 385 g/mol. The number of rotatable bonds is 6. The third kappa shape index (κ3) is 4.56.